The molecule has 114 valence electrons. The molecule has 2 nitrogen and oxygen atoms in total. The molecule has 0 aromatic heterocycles. The molecule has 1 aliphatic heterocycles. The fourth-order valence-corrected chi connectivity index (χ4v) is 3.59. The molecule has 0 saturated heterocycles. The summed E-state index contributed by atoms with van der Waals surface area (Å²) in [6.45, 7) is 6.74. The van der Waals surface area contributed by atoms with Crippen molar-refractivity contribution in [2.45, 2.75) is 36.0 Å². The molecule has 21 heavy (non-hydrogen) atoms. The van der Waals surface area contributed by atoms with E-state index in [1.807, 2.05) is 30.3 Å². The summed E-state index contributed by atoms with van der Waals surface area (Å²) in [5, 5.41) is 0. The molecular formula is C15H18Cl3NOSi. The number of benzene rings is 1. The number of rotatable bonds is 2. The van der Waals surface area contributed by atoms with Gasteiger partial charge < -0.3 is 4.74 Å². The van der Waals surface area contributed by atoms with Crippen LogP contribution in [0.15, 0.2) is 46.7 Å². The molecule has 1 heterocycles. The number of hydrogen-bond acceptors (Lipinski definition) is 2. The first-order valence-corrected chi connectivity index (χ1v) is 11.5. The molecule has 2 rings (SSSR count). The van der Waals surface area contributed by atoms with Gasteiger partial charge in [0.1, 0.15) is 6.10 Å². The summed E-state index contributed by atoms with van der Waals surface area (Å²) in [5.74, 6) is 0.150. The van der Waals surface area contributed by atoms with E-state index in [-0.39, 0.29) is 12.0 Å². The van der Waals surface area contributed by atoms with E-state index in [9.17, 15) is 0 Å². The maximum atomic E-state index is 5.96. The number of nitrogens with zero attached hydrogens (tertiary/aromatic N) is 1. The zero-order valence-electron chi connectivity index (χ0n) is 12.2. The molecular weight excluding hydrogens is 345 g/mol. The third-order valence-corrected chi connectivity index (χ3v) is 4.59. The van der Waals surface area contributed by atoms with Gasteiger partial charge in [-0.15, -0.1) is 0 Å². The van der Waals surface area contributed by atoms with Crippen molar-refractivity contribution in [1.82, 2.24) is 0 Å². The largest absolute Gasteiger partial charge is 0.469 e. The van der Waals surface area contributed by atoms with Crippen molar-refractivity contribution < 1.29 is 4.74 Å². The van der Waals surface area contributed by atoms with E-state index < -0.39 is 11.9 Å². The molecule has 0 amide bonds. The van der Waals surface area contributed by atoms with Gasteiger partial charge in [0.2, 0.25) is 5.90 Å². The second-order valence-electron chi connectivity index (χ2n) is 6.14. The quantitative estimate of drug-likeness (QED) is 0.490. The number of alkyl halides is 3. The Bertz CT molecular complexity index is 559. The molecule has 1 aromatic carbocycles. The van der Waals surface area contributed by atoms with Crippen LogP contribution in [0.4, 0.5) is 0 Å². The summed E-state index contributed by atoms with van der Waals surface area (Å²) in [6.07, 6.45) is 0.523. The van der Waals surface area contributed by atoms with Crippen molar-refractivity contribution in [3.63, 3.8) is 0 Å². The molecule has 0 aliphatic carbocycles. The van der Waals surface area contributed by atoms with Crippen LogP contribution in [0.1, 0.15) is 18.1 Å². The van der Waals surface area contributed by atoms with E-state index in [2.05, 4.69) is 30.3 Å². The molecule has 0 spiro atoms. The third-order valence-electron chi connectivity index (χ3n) is 2.91. The summed E-state index contributed by atoms with van der Waals surface area (Å²) in [5.41, 5.74) is 4.22. The maximum Gasteiger partial charge on any atom is 0.266 e. The van der Waals surface area contributed by atoms with Crippen LogP contribution in [0, 0.1) is 0 Å². The Balaban J connectivity index is 2.38. The fourth-order valence-electron chi connectivity index (χ4n) is 2.14. The second kappa shape index (κ2) is 6.33. The Morgan fingerprint density at radius 3 is 2.33 bits per heavy atom. The first-order chi connectivity index (χ1) is 9.65. The van der Waals surface area contributed by atoms with Crippen LogP contribution in [0.2, 0.25) is 19.6 Å². The average molecular weight is 363 g/mol. The first kappa shape index (κ1) is 16.9. The highest BCUT2D eigenvalue weighted by Crippen LogP contribution is 2.38. The van der Waals surface area contributed by atoms with Crippen molar-refractivity contribution in [2.75, 3.05) is 0 Å². The highest BCUT2D eigenvalue weighted by Gasteiger charge is 2.36. The lowest BCUT2D eigenvalue weighted by atomic mass is 10.0. The summed E-state index contributed by atoms with van der Waals surface area (Å²) in [7, 11) is -1.42. The molecule has 0 saturated carbocycles. The molecule has 1 unspecified atom stereocenters. The highest BCUT2D eigenvalue weighted by atomic mass is 35.6. The van der Waals surface area contributed by atoms with E-state index in [0.29, 0.717) is 6.42 Å². The monoisotopic (exact) mass is 361 g/mol. The predicted octanol–water partition coefficient (Wildman–Crippen LogP) is 5.68. The van der Waals surface area contributed by atoms with E-state index in [0.717, 1.165) is 11.3 Å². The van der Waals surface area contributed by atoms with Crippen molar-refractivity contribution in [3.05, 3.63) is 47.3 Å². The molecule has 0 bridgehead atoms. The average Bonchev–Trinajstić information content (AvgIpc) is 2.36. The first-order valence-electron chi connectivity index (χ1n) is 6.74. The van der Waals surface area contributed by atoms with Gasteiger partial charge in [-0.3, -0.25) is 0 Å². The van der Waals surface area contributed by atoms with Gasteiger partial charge in [0, 0.05) is 12.1 Å². The van der Waals surface area contributed by atoms with Crippen molar-refractivity contribution in [1.29, 1.82) is 0 Å². The smallest absolute Gasteiger partial charge is 0.266 e. The SMILES string of the molecule is C[Si](C)(C)/C=C1/CC(c2ccccc2)OC(C(Cl)(Cl)Cl)=N1. The second-order valence-corrected chi connectivity index (χ2v) is 13.4. The lowest BCUT2D eigenvalue weighted by Crippen LogP contribution is -2.29. The summed E-state index contributed by atoms with van der Waals surface area (Å²) < 4.78 is 4.16. The van der Waals surface area contributed by atoms with Gasteiger partial charge in [-0.1, -0.05) is 90.5 Å². The van der Waals surface area contributed by atoms with Crippen LogP contribution < -0.4 is 0 Å². The molecule has 0 N–H and O–H groups in total. The van der Waals surface area contributed by atoms with Crippen LogP contribution >= 0.6 is 34.8 Å². The van der Waals surface area contributed by atoms with Gasteiger partial charge in [0.05, 0.1) is 8.07 Å². The van der Waals surface area contributed by atoms with Gasteiger partial charge in [-0.25, -0.2) is 4.99 Å². The molecule has 0 fully saturated rings. The summed E-state index contributed by atoms with van der Waals surface area (Å²) >= 11 is 17.9. The standard InChI is InChI=1S/C15H18Cl3NOSi/c1-21(2,3)10-12-9-13(11-7-5-4-6-8-11)20-14(19-12)15(16,17)18/h4-8,10,13H,9H2,1-3H3/b12-10-. The molecule has 1 atom stereocenters. The van der Waals surface area contributed by atoms with Crippen molar-refractivity contribution in [3.8, 4) is 0 Å². The maximum absolute atomic E-state index is 5.96. The number of hydrogen-bond donors (Lipinski definition) is 0. The number of ether oxygens (including phenoxy) is 1. The van der Waals surface area contributed by atoms with E-state index in [1.54, 1.807) is 0 Å². The normalized spacial score (nSPS) is 21.9. The van der Waals surface area contributed by atoms with Crippen LogP contribution in [-0.2, 0) is 4.74 Å². The van der Waals surface area contributed by atoms with E-state index in [1.165, 1.54) is 0 Å². The lowest BCUT2D eigenvalue weighted by molar-refractivity contribution is 0.176. The van der Waals surface area contributed by atoms with Crippen molar-refractivity contribution >= 4 is 48.8 Å². The van der Waals surface area contributed by atoms with Crippen molar-refractivity contribution in [2.24, 2.45) is 4.99 Å². The van der Waals surface area contributed by atoms with Gasteiger partial charge in [0.15, 0.2) is 0 Å². The molecule has 1 aliphatic rings. The van der Waals surface area contributed by atoms with E-state index >= 15 is 0 Å². The molecule has 0 radical (unpaired) electrons. The zero-order chi connectivity index (χ0) is 15.7. The van der Waals surface area contributed by atoms with Crippen LogP contribution in [-0.4, -0.2) is 17.8 Å². The topological polar surface area (TPSA) is 21.6 Å². The van der Waals surface area contributed by atoms with Crippen LogP contribution in [0.5, 0.6) is 0 Å². The highest BCUT2D eigenvalue weighted by molar-refractivity contribution is 6.81. The minimum Gasteiger partial charge on any atom is -0.469 e. The Labute approximate surface area is 141 Å². The van der Waals surface area contributed by atoms with E-state index in [4.69, 9.17) is 39.5 Å². The number of aliphatic imine (C=N–C) groups is 1. The predicted molar refractivity (Wildman–Crippen MR) is 94.0 cm³/mol. The Hall–Kier alpha value is -0.483. The molecule has 1 aromatic rings. The summed E-state index contributed by atoms with van der Waals surface area (Å²) in [4.78, 5) is 4.41. The Morgan fingerprint density at radius 1 is 1.19 bits per heavy atom. The minimum absolute atomic E-state index is 0.150. The lowest BCUT2D eigenvalue weighted by Gasteiger charge is -2.29. The molecule has 6 heteroatoms. The van der Waals surface area contributed by atoms with Crippen LogP contribution in [0.25, 0.3) is 0 Å². The third kappa shape index (κ3) is 5.03. The minimum atomic E-state index is -1.65. The Kier molecular flexibility index (Phi) is 5.09. The van der Waals surface area contributed by atoms with Gasteiger partial charge in [-0.05, 0) is 5.56 Å². The zero-order valence-corrected chi connectivity index (χ0v) is 15.5. The Morgan fingerprint density at radius 2 is 1.81 bits per heavy atom. The summed E-state index contributed by atoms with van der Waals surface area (Å²) in [6, 6.07) is 9.94. The fraction of sp³-hybridized carbons (Fsp3) is 0.400. The van der Waals surface area contributed by atoms with Gasteiger partial charge >= 0.3 is 0 Å². The van der Waals surface area contributed by atoms with Crippen LogP contribution in [0.3, 0.4) is 0 Å². The number of halogens is 3. The van der Waals surface area contributed by atoms with Gasteiger partial charge in [0.25, 0.3) is 3.79 Å². The van der Waals surface area contributed by atoms with Gasteiger partial charge in [-0.2, -0.15) is 0 Å².